The summed E-state index contributed by atoms with van der Waals surface area (Å²) in [5, 5.41) is 2.73. The molecule has 3 rings (SSSR count). The molecule has 0 radical (unpaired) electrons. The van der Waals surface area contributed by atoms with Gasteiger partial charge in [0.05, 0.1) is 0 Å². The monoisotopic (exact) mass is 403 g/mol. The van der Waals surface area contributed by atoms with Crippen LogP contribution in [0.2, 0.25) is 0 Å². The van der Waals surface area contributed by atoms with E-state index in [9.17, 15) is 9.59 Å². The maximum atomic E-state index is 12.4. The molecule has 0 fully saturated rings. The summed E-state index contributed by atoms with van der Waals surface area (Å²) in [5.74, 6) is -0.868. The molecule has 154 valence electrons. The molecule has 0 heterocycles. The lowest BCUT2D eigenvalue weighted by Crippen LogP contribution is -2.29. The summed E-state index contributed by atoms with van der Waals surface area (Å²) in [6.45, 7) is -0.343. The third-order valence-corrected chi connectivity index (χ3v) is 4.45. The first-order valence-electron chi connectivity index (χ1n) is 9.63. The molecule has 30 heavy (non-hydrogen) atoms. The normalized spacial score (nSPS) is 10.2. The van der Waals surface area contributed by atoms with Crippen molar-refractivity contribution in [1.29, 1.82) is 0 Å². The van der Waals surface area contributed by atoms with Crippen molar-refractivity contribution in [2.45, 2.75) is 0 Å². The van der Waals surface area contributed by atoms with E-state index >= 15 is 0 Å². The van der Waals surface area contributed by atoms with Crippen LogP contribution in [-0.4, -0.2) is 39.1 Å². The summed E-state index contributed by atoms with van der Waals surface area (Å²) in [6.07, 6.45) is 0. The fourth-order valence-electron chi connectivity index (χ4n) is 2.91. The van der Waals surface area contributed by atoms with E-state index in [1.807, 2.05) is 109 Å². The lowest BCUT2D eigenvalue weighted by Gasteiger charge is -2.24. The molecule has 0 aliphatic carbocycles. The molecule has 0 aliphatic heterocycles. The summed E-state index contributed by atoms with van der Waals surface area (Å²) in [5.41, 5.74) is 3.41. The molecule has 6 heteroatoms. The molecule has 3 aromatic rings. The molecular formula is C24H25N3O3. The van der Waals surface area contributed by atoms with Gasteiger partial charge in [-0.2, -0.15) is 0 Å². The number of hydrogen-bond acceptors (Lipinski definition) is 5. The average molecular weight is 403 g/mol. The minimum atomic E-state index is -0.485. The number of amides is 1. The minimum Gasteiger partial charge on any atom is -0.454 e. The van der Waals surface area contributed by atoms with Crippen molar-refractivity contribution in [2.75, 3.05) is 42.4 Å². The Morgan fingerprint density at radius 1 is 0.767 bits per heavy atom. The van der Waals surface area contributed by atoms with Gasteiger partial charge >= 0.3 is 5.97 Å². The Morgan fingerprint density at radius 2 is 1.30 bits per heavy atom. The number of nitrogens with zero attached hydrogens (tertiary/aromatic N) is 2. The summed E-state index contributed by atoms with van der Waals surface area (Å²) < 4.78 is 5.21. The molecule has 0 saturated heterocycles. The van der Waals surface area contributed by atoms with E-state index < -0.39 is 5.97 Å². The minimum absolute atomic E-state index is 0.00115. The smallest absolute Gasteiger partial charge is 0.326 e. The highest BCUT2D eigenvalue weighted by Gasteiger charge is 2.16. The Balaban J connectivity index is 1.57. The van der Waals surface area contributed by atoms with Gasteiger partial charge in [-0.05, 0) is 48.5 Å². The maximum absolute atomic E-state index is 12.4. The van der Waals surface area contributed by atoms with Crippen LogP contribution >= 0.6 is 0 Å². The van der Waals surface area contributed by atoms with Gasteiger partial charge in [-0.1, -0.05) is 36.4 Å². The Morgan fingerprint density at radius 3 is 1.80 bits per heavy atom. The zero-order valence-corrected chi connectivity index (χ0v) is 17.1. The number of esters is 1. The van der Waals surface area contributed by atoms with Crippen molar-refractivity contribution in [3.8, 4) is 0 Å². The standard InChI is InChI=1S/C24H25N3O3/c1-26(2)20-15-13-19(14-16-20)25-23(28)18-30-24(29)17-27(21-9-5-3-6-10-21)22-11-7-4-8-12-22/h3-16H,17-18H2,1-2H3,(H,25,28). The van der Waals surface area contributed by atoms with Crippen molar-refractivity contribution < 1.29 is 14.3 Å². The van der Waals surface area contributed by atoms with Gasteiger partial charge in [0.15, 0.2) is 6.61 Å². The Labute approximate surface area is 176 Å². The van der Waals surface area contributed by atoms with Crippen LogP contribution < -0.4 is 15.1 Å². The van der Waals surface area contributed by atoms with Gasteiger partial charge < -0.3 is 19.9 Å². The van der Waals surface area contributed by atoms with Gasteiger partial charge in [-0.15, -0.1) is 0 Å². The molecule has 0 spiro atoms. The zero-order chi connectivity index (χ0) is 21.3. The summed E-state index contributed by atoms with van der Waals surface area (Å²) in [7, 11) is 3.89. The first-order valence-corrected chi connectivity index (χ1v) is 9.63. The second-order valence-electron chi connectivity index (χ2n) is 6.91. The molecule has 1 N–H and O–H groups in total. The number of para-hydroxylation sites is 2. The number of benzene rings is 3. The first-order chi connectivity index (χ1) is 14.5. The fourth-order valence-corrected chi connectivity index (χ4v) is 2.91. The third kappa shape index (κ3) is 5.85. The highest BCUT2D eigenvalue weighted by molar-refractivity contribution is 5.93. The molecule has 0 atom stereocenters. The van der Waals surface area contributed by atoms with Crippen LogP contribution in [-0.2, 0) is 14.3 Å². The molecule has 1 amide bonds. The van der Waals surface area contributed by atoms with Gasteiger partial charge in [0.1, 0.15) is 6.54 Å². The lowest BCUT2D eigenvalue weighted by molar-refractivity contribution is -0.145. The van der Waals surface area contributed by atoms with Crippen LogP contribution in [0.3, 0.4) is 0 Å². The van der Waals surface area contributed by atoms with Gasteiger partial charge in [0.25, 0.3) is 5.91 Å². The van der Waals surface area contributed by atoms with E-state index in [-0.39, 0.29) is 19.1 Å². The Hall–Kier alpha value is -3.80. The summed E-state index contributed by atoms with van der Waals surface area (Å²) in [6, 6.07) is 26.6. The largest absolute Gasteiger partial charge is 0.454 e. The molecule has 0 saturated carbocycles. The number of nitrogens with one attached hydrogen (secondary N) is 1. The molecule has 0 unspecified atom stereocenters. The zero-order valence-electron chi connectivity index (χ0n) is 17.1. The topological polar surface area (TPSA) is 61.9 Å². The highest BCUT2D eigenvalue weighted by Crippen LogP contribution is 2.24. The van der Waals surface area contributed by atoms with Crippen LogP contribution in [0.5, 0.6) is 0 Å². The predicted molar refractivity (Wildman–Crippen MR) is 120 cm³/mol. The van der Waals surface area contributed by atoms with Crippen LogP contribution in [0.15, 0.2) is 84.9 Å². The average Bonchev–Trinajstić information content (AvgIpc) is 2.77. The van der Waals surface area contributed by atoms with Gasteiger partial charge in [0, 0.05) is 36.8 Å². The molecule has 6 nitrogen and oxygen atoms in total. The summed E-state index contributed by atoms with van der Waals surface area (Å²) in [4.78, 5) is 28.4. The fraction of sp³-hybridized carbons (Fsp3) is 0.167. The van der Waals surface area contributed by atoms with Crippen molar-refractivity contribution in [3.63, 3.8) is 0 Å². The van der Waals surface area contributed by atoms with Crippen LogP contribution in [0, 0.1) is 0 Å². The third-order valence-electron chi connectivity index (χ3n) is 4.45. The molecule has 0 aromatic heterocycles. The Kier molecular flexibility index (Phi) is 7.05. The van der Waals surface area contributed by atoms with E-state index in [0.717, 1.165) is 17.1 Å². The van der Waals surface area contributed by atoms with Crippen LogP contribution in [0.4, 0.5) is 22.7 Å². The Bertz CT molecular complexity index is 919. The quantitative estimate of drug-likeness (QED) is 0.575. The second kappa shape index (κ2) is 10.1. The number of ether oxygens (including phenoxy) is 1. The predicted octanol–water partition coefficient (Wildman–Crippen LogP) is 4.07. The van der Waals surface area contributed by atoms with Crippen LogP contribution in [0.25, 0.3) is 0 Å². The van der Waals surface area contributed by atoms with Crippen molar-refractivity contribution >= 4 is 34.6 Å². The van der Waals surface area contributed by atoms with Crippen LogP contribution in [0.1, 0.15) is 0 Å². The van der Waals surface area contributed by atoms with E-state index in [2.05, 4.69) is 5.32 Å². The maximum Gasteiger partial charge on any atom is 0.326 e. The van der Waals surface area contributed by atoms with Crippen molar-refractivity contribution in [3.05, 3.63) is 84.9 Å². The molecular weight excluding hydrogens is 378 g/mol. The van der Waals surface area contributed by atoms with E-state index in [4.69, 9.17) is 4.74 Å². The summed E-state index contributed by atoms with van der Waals surface area (Å²) >= 11 is 0. The number of anilines is 4. The second-order valence-corrected chi connectivity index (χ2v) is 6.91. The van der Waals surface area contributed by atoms with E-state index in [1.54, 1.807) is 0 Å². The number of hydrogen-bond donors (Lipinski definition) is 1. The van der Waals surface area contributed by atoms with E-state index in [0.29, 0.717) is 5.69 Å². The first kappa shape index (κ1) is 20.9. The highest BCUT2D eigenvalue weighted by atomic mass is 16.5. The van der Waals surface area contributed by atoms with Gasteiger partial charge in [-0.3, -0.25) is 9.59 Å². The lowest BCUT2D eigenvalue weighted by atomic mass is 10.2. The SMILES string of the molecule is CN(C)c1ccc(NC(=O)COC(=O)CN(c2ccccc2)c2ccccc2)cc1. The molecule has 3 aromatic carbocycles. The van der Waals surface area contributed by atoms with Gasteiger partial charge in [-0.25, -0.2) is 0 Å². The van der Waals surface area contributed by atoms with E-state index in [1.165, 1.54) is 0 Å². The molecule has 0 bridgehead atoms. The number of carbonyl (C=O) groups excluding carboxylic acids is 2. The molecule has 0 aliphatic rings. The number of carbonyl (C=O) groups is 2. The number of rotatable bonds is 8. The van der Waals surface area contributed by atoms with Crippen molar-refractivity contribution in [1.82, 2.24) is 0 Å². The van der Waals surface area contributed by atoms with Gasteiger partial charge in [0.2, 0.25) is 0 Å². The van der Waals surface area contributed by atoms with Crippen molar-refractivity contribution in [2.24, 2.45) is 0 Å².